The molecular formula is C16H28O. The maximum Gasteiger partial charge on any atom is 0.132 e. The van der Waals surface area contributed by atoms with E-state index in [0.29, 0.717) is 12.2 Å². The number of hydrogen-bond acceptors (Lipinski definition) is 1. The summed E-state index contributed by atoms with van der Waals surface area (Å²) in [5, 5.41) is 0. The molecule has 0 spiro atoms. The fraction of sp³-hybridized carbons (Fsp3) is 0.688. The van der Waals surface area contributed by atoms with Crippen LogP contribution >= 0.6 is 0 Å². The van der Waals surface area contributed by atoms with E-state index >= 15 is 0 Å². The molecule has 1 fully saturated rings. The molecule has 2 unspecified atom stereocenters. The molecule has 0 aliphatic heterocycles. The van der Waals surface area contributed by atoms with Gasteiger partial charge in [0.05, 0.1) is 0 Å². The van der Waals surface area contributed by atoms with Gasteiger partial charge in [-0.3, -0.25) is 4.79 Å². The van der Waals surface area contributed by atoms with Crippen LogP contribution in [0.3, 0.4) is 0 Å². The number of carbonyl (C=O) groups excluding carboxylic acids is 1. The van der Waals surface area contributed by atoms with Crippen molar-refractivity contribution >= 4 is 5.78 Å². The van der Waals surface area contributed by atoms with Gasteiger partial charge in [0.25, 0.3) is 0 Å². The van der Waals surface area contributed by atoms with Crippen LogP contribution in [0.15, 0.2) is 23.8 Å². The molecule has 0 N–H and O–H groups in total. The highest BCUT2D eigenvalue weighted by molar-refractivity contribution is 5.78. The predicted molar refractivity (Wildman–Crippen MR) is 76.0 cm³/mol. The Morgan fingerprint density at radius 3 is 2.41 bits per heavy atom. The first-order valence-electron chi connectivity index (χ1n) is 7.20. The van der Waals surface area contributed by atoms with Crippen molar-refractivity contribution < 1.29 is 4.79 Å². The molecule has 17 heavy (non-hydrogen) atoms. The number of Topliss-reactive ketones (excluding diaryl/α,β-unsaturated/α-hetero) is 1. The molecule has 2 aliphatic carbocycles. The Hall–Kier alpha value is -0.850. The van der Waals surface area contributed by atoms with Crippen molar-refractivity contribution in [3.63, 3.8) is 0 Å². The number of allylic oxidation sites excluding steroid dienone is 4. The molecule has 2 aliphatic rings. The number of ketones is 1. The molecule has 0 amide bonds. The Bertz CT molecular complexity index is 273. The molecule has 0 radical (unpaired) electrons. The van der Waals surface area contributed by atoms with E-state index in [1.54, 1.807) is 0 Å². The second-order valence-corrected chi connectivity index (χ2v) is 4.06. The first-order valence-corrected chi connectivity index (χ1v) is 7.20. The fourth-order valence-electron chi connectivity index (χ4n) is 1.85. The van der Waals surface area contributed by atoms with E-state index in [1.165, 1.54) is 12.0 Å². The third-order valence-corrected chi connectivity index (χ3v) is 2.96. The minimum atomic E-state index is 0.382. The minimum Gasteiger partial charge on any atom is -0.300 e. The van der Waals surface area contributed by atoms with Gasteiger partial charge in [0.2, 0.25) is 0 Å². The highest BCUT2D eigenvalue weighted by Crippen LogP contribution is 2.44. The summed E-state index contributed by atoms with van der Waals surface area (Å²) in [6, 6.07) is 0. The van der Waals surface area contributed by atoms with Gasteiger partial charge in [-0.05, 0) is 24.7 Å². The summed E-state index contributed by atoms with van der Waals surface area (Å²) in [6.07, 6.45) is 10.6. The monoisotopic (exact) mass is 236 g/mol. The Morgan fingerprint density at radius 1 is 1.24 bits per heavy atom. The quantitative estimate of drug-likeness (QED) is 0.676. The highest BCUT2D eigenvalue weighted by atomic mass is 16.1. The van der Waals surface area contributed by atoms with E-state index in [-0.39, 0.29) is 0 Å². The highest BCUT2D eigenvalue weighted by Gasteiger charge is 2.34. The number of fused-ring (bicyclic) bond motifs is 1. The lowest BCUT2D eigenvalue weighted by atomic mass is 10.0. The molecule has 2 atom stereocenters. The number of carbonyl (C=O) groups is 1. The molecule has 0 heterocycles. The van der Waals surface area contributed by atoms with Gasteiger partial charge in [0, 0.05) is 12.8 Å². The van der Waals surface area contributed by atoms with Gasteiger partial charge in [-0.1, -0.05) is 58.4 Å². The number of hydrogen-bond donors (Lipinski definition) is 0. The molecule has 1 saturated carbocycles. The van der Waals surface area contributed by atoms with E-state index in [0.717, 1.165) is 24.7 Å². The van der Waals surface area contributed by atoms with Crippen LogP contribution in [0.1, 0.15) is 60.3 Å². The summed E-state index contributed by atoms with van der Waals surface area (Å²) in [6.45, 7) is 9.93. The first-order chi connectivity index (χ1) is 8.29. The molecule has 1 nitrogen and oxygen atoms in total. The summed E-state index contributed by atoms with van der Waals surface area (Å²) in [5.41, 5.74) is 1.38. The van der Waals surface area contributed by atoms with Gasteiger partial charge in [-0.25, -0.2) is 0 Å². The van der Waals surface area contributed by atoms with Crippen molar-refractivity contribution in [2.24, 2.45) is 11.8 Å². The normalized spacial score (nSPS) is 23.2. The lowest BCUT2D eigenvalue weighted by Gasteiger charge is -2.04. The van der Waals surface area contributed by atoms with Crippen LogP contribution < -0.4 is 0 Å². The second kappa shape index (κ2) is 9.21. The largest absolute Gasteiger partial charge is 0.300 e. The van der Waals surface area contributed by atoms with Crippen LogP contribution in [0.2, 0.25) is 0 Å². The van der Waals surface area contributed by atoms with Crippen molar-refractivity contribution in [2.75, 3.05) is 0 Å². The summed E-state index contributed by atoms with van der Waals surface area (Å²) >= 11 is 0. The third-order valence-electron chi connectivity index (χ3n) is 2.96. The Labute approximate surface area is 107 Å². The molecule has 0 bridgehead atoms. The van der Waals surface area contributed by atoms with Crippen LogP contribution in [-0.4, -0.2) is 5.78 Å². The SMILES string of the molecule is CC.CC.CCC(=O)CCC1=CC2CC2C=C1. The standard InChI is InChI=1S/C12H16O.2C2H6/c1-2-12(13)6-4-9-3-5-10-8-11(10)7-9;2*1-2/h3,5,7,10-11H,2,4,6,8H2,1H3;2*1-2H3. The molecule has 0 saturated heterocycles. The first kappa shape index (κ1) is 16.1. The third kappa shape index (κ3) is 5.86. The average molecular weight is 236 g/mol. The molecule has 2 rings (SSSR count). The summed E-state index contributed by atoms with van der Waals surface area (Å²) in [7, 11) is 0. The van der Waals surface area contributed by atoms with Crippen molar-refractivity contribution in [1.82, 2.24) is 0 Å². The van der Waals surface area contributed by atoms with E-state index in [4.69, 9.17) is 0 Å². The Kier molecular flexibility index (Phi) is 8.75. The summed E-state index contributed by atoms with van der Waals surface area (Å²) in [5.74, 6) is 2.04. The maximum atomic E-state index is 11.1. The zero-order chi connectivity index (χ0) is 13.3. The van der Waals surface area contributed by atoms with Gasteiger partial charge < -0.3 is 0 Å². The van der Waals surface area contributed by atoms with E-state index in [9.17, 15) is 4.79 Å². The lowest BCUT2D eigenvalue weighted by molar-refractivity contribution is -0.118. The maximum absolute atomic E-state index is 11.1. The van der Waals surface area contributed by atoms with Crippen LogP contribution in [0.5, 0.6) is 0 Å². The topological polar surface area (TPSA) is 17.1 Å². The molecule has 1 heteroatoms. The van der Waals surface area contributed by atoms with E-state index < -0.39 is 0 Å². The molecule has 0 aromatic heterocycles. The Balaban J connectivity index is 0.000000581. The average Bonchev–Trinajstić information content (AvgIpc) is 3.19. The lowest BCUT2D eigenvalue weighted by Crippen LogP contribution is -1.96. The zero-order valence-electron chi connectivity index (χ0n) is 12.1. The second-order valence-electron chi connectivity index (χ2n) is 4.06. The molecular weight excluding hydrogens is 208 g/mol. The van der Waals surface area contributed by atoms with E-state index in [2.05, 4.69) is 18.2 Å². The zero-order valence-corrected chi connectivity index (χ0v) is 12.1. The van der Waals surface area contributed by atoms with Crippen LogP contribution in [0.25, 0.3) is 0 Å². The predicted octanol–water partition coefficient (Wildman–Crippen LogP) is 4.93. The van der Waals surface area contributed by atoms with Crippen molar-refractivity contribution in [2.45, 2.75) is 60.3 Å². The van der Waals surface area contributed by atoms with Crippen LogP contribution in [0, 0.1) is 11.8 Å². The number of rotatable bonds is 4. The van der Waals surface area contributed by atoms with Gasteiger partial charge in [0.15, 0.2) is 0 Å². The molecule has 98 valence electrons. The molecule has 0 aromatic rings. The van der Waals surface area contributed by atoms with Crippen molar-refractivity contribution in [3.8, 4) is 0 Å². The minimum absolute atomic E-state index is 0.382. The molecule has 0 aromatic carbocycles. The van der Waals surface area contributed by atoms with Gasteiger partial charge >= 0.3 is 0 Å². The van der Waals surface area contributed by atoms with Crippen LogP contribution in [0.4, 0.5) is 0 Å². The summed E-state index contributed by atoms with van der Waals surface area (Å²) in [4.78, 5) is 11.1. The fourth-order valence-corrected chi connectivity index (χ4v) is 1.85. The van der Waals surface area contributed by atoms with Gasteiger partial charge in [-0.15, -0.1) is 0 Å². The van der Waals surface area contributed by atoms with Crippen molar-refractivity contribution in [3.05, 3.63) is 23.8 Å². The van der Waals surface area contributed by atoms with E-state index in [1.807, 2.05) is 34.6 Å². The van der Waals surface area contributed by atoms with Gasteiger partial charge in [0.1, 0.15) is 5.78 Å². The summed E-state index contributed by atoms with van der Waals surface area (Å²) < 4.78 is 0. The van der Waals surface area contributed by atoms with Crippen LogP contribution in [-0.2, 0) is 4.79 Å². The Morgan fingerprint density at radius 2 is 1.88 bits per heavy atom. The van der Waals surface area contributed by atoms with Gasteiger partial charge in [-0.2, -0.15) is 0 Å². The smallest absolute Gasteiger partial charge is 0.132 e. The van der Waals surface area contributed by atoms with Crippen molar-refractivity contribution in [1.29, 1.82) is 0 Å².